The molecule has 2 unspecified atom stereocenters. The number of nitro benzene ring substituents is 1. The molecule has 1 heterocycles. The van der Waals surface area contributed by atoms with E-state index in [9.17, 15) is 20.0 Å². The second-order valence-corrected chi connectivity index (χ2v) is 5.12. The van der Waals surface area contributed by atoms with Gasteiger partial charge >= 0.3 is 0 Å². The summed E-state index contributed by atoms with van der Waals surface area (Å²) in [5.41, 5.74) is 0.776. The Morgan fingerprint density at radius 3 is 2.85 bits per heavy atom. The number of nitrogens with one attached hydrogen (secondary N) is 2. The van der Waals surface area contributed by atoms with Crippen molar-refractivity contribution in [1.82, 2.24) is 5.32 Å². The van der Waals surface area contributed by atoms with Gasteiger partial charge in [-0.3, -0.25) is 14.9 Å². The topological polar surface area (TPSA) is 105 Å². The minimum Gasteiger partial charge on any atom is -0.392 e. The maximum Gasteiger partial charge on any atom is 0.288 e. The van der Waals surface area contributed by atoms with Crippen molar-refractivity contribution in [3.05, 3.63) is 32.8 Å². The molecule has 8 heteroatoms. The Hall–Kier alpha value is -1.70. The Balaban J connectivity index is 2.15. The molecule has 0 bridgehead atoms. The number of nitro groups is 1. The molecular formula is C12H14ClN3O4. The third-order valence-electron chi connectivity index (χ3n) is 3.17. The van der Waals surface area contributed by atoms with Crippen LogP contribution in [0.1, 0.15) is 12.0 Å². The van der Waals surface area contributed by atoms with E-state index in [4.69, 9.17) is 11.6 Å². The summed E-state index contributed by atoms with van der Waals surface area (Å²) in [6, 6.07) is 2.20. The second kappa shape index (κ2) is 5.74. The lowest BCUT2D eigenvalue weighted by Crippen LogP contribution is -2.35. The summed E-state index contributed by atoms with van der Waals surface area (Å²) in [6.45, 7) is 2.02. The molecule has 0 saturated carbocycles. The zero-order chi connectivity index (χ0) is 14.9. The highest BCUT2D eigenvalue weighted by atomic mass is 35.5. The highest BCUT2D eigenvalue weighted by molar-refractivity contribution is 6.33. The van der Waals surface area contributed by atoms with Gasteiger partial charge in [-0.15, -0.1) is 0 Å². The Morgan fingerprint density at radius 1 is 1.60 bits per heavy atom. The third kappa shape index (κ3) is 3.06. The Labute approximate surface area is 120 Å². The van der Waals surface area contributed by atoms with Gasteiger partial charge in [0.25, 0.3) is 5.69 Å². The summed E-state index contributed by atoms with van der Waals surface area (Å²) in [5.74, 6) is -0.297. The summed E-state index contributed by atoms with van der Waals surface area (Å²) in [4.78, 5) is 22.2. The molecular weight excluding hydrogens is 286 g/mol. The maximum atomic E-state index is 12.0. The predicted octanol–water partition coefficient (Wildman–Crippen LogP) is 1.22. The number of carbonyl (C=O) groups excluding carboxylic acids is 1. The van der Waals surface area contributed by atoms with Crippen molar-refractivity contribution in [1.29, 1.82) is 0 Å². The summed E-state index contributed by atoms with van der Waals surface area (Å²) in [5, 5.41) is 25.6. The molecule has 108 valence electrons. The number of β-amino-alcohol motifs (C(OH)–C–C–N with tert-alkyl or cyclic N) is 1. The Bertz CT molecular complexity index is 564. The molecule has 0 aromatic heterocycles. The van der Waals surface area contributed by atoms with E-state index in [1.807, 2.05) is 0 Å². The molecule has 20 heavy (non-hydrogen) atoms. The average Bonchev–Trinajstić information content (AvgIpc) is 2.79. The van der Waals surface area contributed by atoms with E-state index >= 15 is 0 Å². The maximum absolute atomic E-state index is 12.0. The molecule has 0 radical (unpaired) electrons. The van der Waals surface area contributed by atoms with Crippen molar-refractivity contribution in [2.24, 2.45) is 0 Å². The monoisotopic (exact) mass is 299 g/mol. The summed E-state index contributed by atoms with van der Waals surface area (Å²) in [7, 11) is 0. The van der Waals surface area contributed by atoms with Crippen LogP contribution in [0.25, 0.3) is 0 Å². The Kier molecular flexibility index (Phi) is 4.22. The number of hydrogen-bond acceptors (Lipinski definition) is 5. The van der Waals surface area contributed by atoms with Gasteiger partial charge in [0.05, 0.1) is 17.1 Å². The molecule has 1 aromatic carbocycles. The fourth-order valence-electron chi connectivity index (χ4n) is 2.08. The highest BCUT2D eigenvalue weighted by Gasteiger charge is 2.28. The zero-order valence-electron chi connectivity index (χ0n) is 10.7. The van der Waals surface area contributed by atoms with E-state index in [1.165, 1.54) is 12.1 Å². The number of carbonyl (C=O) groups is 1. The van der Waals surface area contributed by atoms with E-state index < -0.39 is 17.1 Å². The van der Waals surface area contributed by atoms with Gasteiger partial charge in [-0.05, 0) is 25.0 Å². The number of aliphatic hydroxyl groups is 1. The van der Waals surface area contributed by atoms with Crippen LogP contribution in [0.5, 0.6) is 0 Å². The number of aryl methyl sites for hydroxylation is 1. The van der Waals surface area contributed by atoms with Gasteiger partial charge in [-0.1, -0.05) is 11.6 Å². The molecule has 1 amide bonds. The van der Waals surface area contributed by atoms with Crippen LogP contribution >= 0.6 is 11.6 Å². The van der Waals surface area contributed by atoms with E-state index in [0.717, 1.165) is 0 Å². The van der Waals surface area contributed by atoms with Crippen LogP contribution in [0.3, 0.4) is 0 Å². The van der Waals surface area contributed by atoms with Crippen LogP contribution in [-0.2, 0) is 4.79 Å². The molecule has 3 N–H and O–H groups in total. The van der Waals surface area contributed by atoms with Gasteiger partial charge in [0.1, 0.15) is 5.02 Å². The van der Waals surface area contributed by atoms with E-state index in [2.05, 4.69) is 10.6 Å². The Morgan fingerprint density at radius 2 is 2.30 bits per heavy atom. The summed E-state index contributed by atoms with van der Waals surface area (Å²) in [6.07, 6.45) is -0.196. The first-order valence-electron chi connectivity index (χ1n) is 6.05. The molecule has 1 aliphatic heterocycles. The fourth-order valence-corrected chi connectivity index (χ4v) is 2.31. The van der Waals surface area contributed by atoms with Gasteiger partial charge < -0.3 is 15.7 Å². The van der Waals surface area contributed by atoms with E-state index in [-0.39, 0.29) is 16.6 Å². The van der Waals surface area contributed by atoms with Crippen LogP contribution in [0.15, 0.2) is 12.1 Å². The van der Waals surface area contributed by atoms with E-state index in [1.54, 1.807) is 6.92 Å². The van der Waals surface area contributed by atoms with Gasteiger partial charge in [-0.2, -0.15) is 0 Å². The summed E-state index contributed by atoms with van der Waals surface area (Å²) >= 11 is 5.81. The van der Waals surface area contributed by atoms with Gasteiger partial charge in [0, 0.05) is 18.3 Å². The zero-order valence-corrected chi connectivity index (χ0v) is 11.5. The third-order valence-corrected chi connectivity index (χ3v) is 3.48. The number of hydrogen-bond donors (Lipinski definition) is 3. The average molecular weight is 300 g/mol. The highest BCUT2D eigenvalue weighted by Crippen LogP contribution is 2.30. The molecule has 2 atom stereocenters. The number of nitrogens with zero attached hydrogens (tertiary/aromatic N) is 1. The van der Waals surface area contributed by atoms with Crippen molar-refractivity contribution in [3.8, 4) is 0 Å². The molecule has 0 aliphatic carbocycles. The van der Waals surface area contributed by atoms with Crippen molar-refractivity contribution in [3.63, 3.8) is 0 Å². The molecule has 1 aliphatic rings. The first-order valence-corrected chi connectivity index (χ1v) is 6.43. The number of aliphatic hydroxyl groups excluding tert-OH is 1. The lowest BCUT2D eigenvalue weighted by Gasteiger charge is -2.13. The SMILES string of the molecule is Cc1cc([N+](=O)[O-])c(Cl)cc1NC(=O)C1CC(O)CN1. The van der Waals surface area contributed by atoms with Crippen LogP contribution in [0, 0.1) is 17.0 Å². The normalized spacial score (nSPS) is 21.8. The minimum atomic E-state index is -0.574. The lowest BCUT2D eigenvalue weighted by atomic mass is 10.1. The quantitative estimate of drug-likeness (QED) is 0.575. The van der Waals surface area contributed by atoms with Gasteiger partial charge in [0.2, 0.25) is 5.91 Å². The van der Waals surface area contributed by atoms with Crippen LogP contribution in [0.2, 0.25) is 5.02 Å². The van der Waals surface area contributed by atoms with Crippen LogP contribution in [-0.4, -0.2) is 34.6 Å². The van der Waals surface area contributed by atoms with Crippen molar-refractivity contribution < 1.29 is 14.8 Å². The van der Waals surface area contributed by atoms with Gasteiger partial charge in [0.15, 0.2) is 0 Å². The smallest absolute Gasteiger partial charge is 0.288 e. The number of anilines is 1. The largest absolute Gasteiger partial charge is 0.392 e. The van der Waals surface area contributed by atoms with Crippen molar-refractivity contribution in [2.75, 3.05) is 11.9 Å². The second-order valence-electron chi connectivity index (χ2n) is 4.72. The van der Waals surface area contributed by atoms with Crippen molar-refractivity contribution >= 4 is 28.9 Å². The minimum absolute atomic E-state index is 0.0321. The standard InChI is InChI=1S/C12H14ClN3O4/c1-6-2-11(16(19)20)8(13)4-9(6)15-12(18)10-3-7(17)5-14-10/h2,4,7,10,14,17H,3,5H2,1H3,(H,15,18). The first kappa shape index (κ1) is 14.7. The van der Waals surface area contributed by atoms with Crippen molar-refractivity contribution in [2.45, 2.75) is 25.5 Å². The molecule has 0 spiro atoms. The van der Waals surface area contributed by atoms with Crippen LogP contribution in [0.4, 0.5) is 11.4 Å². The molecule has 2 rings (SSSR count). The van der Waals surface area contributed by atoms with Gasteiger partial charge in [-0.25, -0.2) is 0 Å². The molecule has 1 saturated heterocycles. The van der Waals surface area contributed by atoms with Crippen LogP contribution < -0.4 is 10.6 Å². The number of amides is 1. The molecule has 7 nitrogen and oxygen atoms in total. The molecule has 1 fully saturated rings. The first-order chi connectivity index (χ1) is 9.38. The number of halogens is 1. The number of rotatable bonds is 3. The fraction of sp³-hybridized carbons (Fsp3) is 0.417. The number of benzene rings is 1. The summed E-state index contributed by atoms with van der Waals surface area (Å²) < 4.78 is 0. The molecule has 1 aromatic rings. The van der Waals surface area contributed by atoms with E-state index in [0.29, 0.717) is 24.2 Å². The lowest BCUT2D eigenvalue weighted by molar-refractivity contribution is -0.384. The predicted molar refractivity (Wildman–Crippen MR) is 73.9 cm³/mol.